The molecule has 19 heavy (non-hydrogen) atoms. The van der Waals surface area contributed by atoms with Crippen LogP contribution in [0.25, 0.3) is 0 Å². The summed E-state index contributed by atoms with van der Waals surface area (Å²) in [5.41, 5.74) is 1.29. The molecule has 1 rings (SSSR count). The summed E-state index contributed by atoms with van der Waals surface area (Å²) >= 11 is 5.99. The maximum absolute atomic E-state index is 5.99. The van der Waals surface area contributed by atoms with Gasteiger partial charge in [0.25, 0.3) is 0 Å². The molecule has 3 heteroatoms. The lowest BCUT2D eigenvalue weighted by Crippen LogP contribution is -2.19. The molecule has 0 fully saturated rings. The lowest BCUT2D eigenvalue weighted by atomic mass is 10.1. The fourth-order valence-electron chi connectivity index (χ4n) is 2.19. The first-order valence-electron chi connectivity index (χ1n) is 7.36. The average molecular weight is 283 g/mol. The highest BCUT2D eigenvalue weighted by Crippen LogP contribution is 2.12. The molecule has 0 amide bonds. The molecule has 1 aromatic carbocycles. The van der Waals surface area contributed by atoms with Crippen LogP contribution in [0.3, 0.4) is 0 Å². The molecule has 0 heterocycles. The summed E-state index contributed by atoms with van der Waals surface area (Å²) in [5.74, 6) is 0. The van der Waals surface area contributed by atoms with Gasteiger partial charge >= 0.3 is 0 Å². The second-order valence-electron chi connectivity index (χ2n) is 5.14. The van der Waals surface area contributed by atoms with E-state index in [1.54, 1.807) is 0 Å². The number of benzene rings is 1. The van der Waals surface area contributed by atoms with E-state index in [4.69, 9.17) is 11.6 Å². The van der Waals surface area contributed by atoms with Crippen molar-refractivity contribution in [3.8, 4) is 0 Å². The normalized spacial score (nSPS) is 11.2. The zero-order chi connectivity index (χ0) is 13.9. The molecule has 0 saturated heterocycles. The largest absolute Gasteiger partial charge is 0.317 e. The minimum absolute atomic E-state index is 0.828. The number of hydrogen-bond acceptors (Lipinski definition) is 2. The van der Waals surface area contributed by atoms with Crippen molar-refractivity contribution >= 4 is 11.6 Å². The Morgan fingerprint density at radius 1 is 1.16 bits per heavy atom. The van der Waals surface area contributed by atoms with Gasteiger partial charge in [0, 0.05) is 11.6 Å². The minimum atomic E-state index is 0.828. The molecule has 0 spiro atoms. The second-order valence-corrected chi connectivity index (χ2v) is 5.57. The molecule has 0 aliphatic carbocycles. The molecular weight excluding hydrogens is 256 g/mol. The molecule has 1 aromatic rings. The first-order valence-corrected chi connectivity index (χ1v) is 7.74. The third-order valence-corrected chi connectivity index (χ3v) is 3.47. The van der Waals surface area contributed by atoms with Gasteiger partial charge in [0.2, 0.25) is 0 Å². The van der Waals surface area contributed by atoms with E-state index in [9.17, 15) is 0 Å². The van der Waals surface area contributed by atoms with Crippen LogP contribution < -0.4 is 5.32 Å². The monoisotopic (exact) mass is 282 g/mol. The summed E-state index contributed by atoms with van der Waals surface area (Å²) < 4.78 is 0. The Bertz CT molecular complexity index is 341. The van der Waals surface area contributed by atoms with Crippen LogP contribution in [0.15, 0.2) is 24.3 Å². The van der Waals surface area contributed by atoms with Crippen LogP contribution in [0.5, 0.6) is 0 Å². The molecule has 0 aliphatic heterocycles. The van der Waals surface area contributed by atoms with Crippen LogP contribution in [0.2, 0.25) is 5.02 Å². The number of unbranched alkanes of at least 4 members (excludes halogenated alkanes) is 3. The Kier molecular flexibility index (Phi) is 8.89. The van der Waals surface area contributed by atoms with E-state index in [2.05, 4.69) is 36.3 Å². The van der Waals surface area contributed by atoms with Gasteiger partial charge in [0.1, 0.15) is 0 Å². The van der Waals surface area contributed by atoms with Crippen molar-refractivity contribution in [1.29, 1.82) is 0 Å². The lowest BCUT2D eigenvalue weighted by Gasteiger charge is -2.16. The van der Waals surface area contributed by atoms with Crippen LogP contribution in [-0.4, -0.2) is 31.6 Å². The summed E-state index contributed by atoms with van der Waals surface area (Å²) in [6.45, 7) is 6.55. The molecule has 0 aliphatic rings. The van der Waals surface area contributed by atoms with Gasteiger partial charge in [0.15, 0.2) is 0 Å². The van der Waals surface area contributed by atoms with Gasteiger partial charge in [-0.1, -0.05) is 43.5 Å². The predicted molar refractivity (Wildman–Crippen MR) is 84.8 cm³/mol. The highest BCUT2D eigenvalue weighted by Gasteiger charge is 2.00. The Hall–Kier alpha value is -0.570. The van der Waals surface area contributed by atoms with Crippen LogP contribution in [0, 0.1) is 0 Å². The van der Waals surface area contributed by atoms with Crippen LogP contribution in [-0.2, 0) is 6.54 Å². The van der Waals surface area contributed by atoms with Gasteiger partial charge in [-0.15, -0.1) is 0 Å². The van der Waals surface area contributed by atoms with Crippen molar-refractivity contribution in [3.05, 3.63) is 34.9 Å². The summed E-state index contributed by atoms with van der Waals surface area (Å²) in [5, 5.41) is 4.19. The van der Waals surface area contributed by atoms with E-state index in [1.807, 2.05) is 12.1 Å². The van der Waals surface area contributed by atoms with E-state index in [-0.39, 0.29) is 0 Å². The topological polar surface area (TPSA) is 15.3 Å². The highest BCUT2D eigenvalue weighted by atomic mass is 35.5. The smallest absolute Gasteiger partial charge is 0.0409 e. The molecule has 0 radical (unpaired) electrons. The number of nitrogens with zero attached hydrogens (tertiary/aromatic N) is 1. The van der Waals surface area contributed by atoms with Crippen LogP contribution in [0.1, 0.15) is 38.2 Å². The van der Waals surface area contributed by atoms with Gasteiger partial charge in [-0.2, -0.15) is 0 Å². The molecule has 0 atom stereocenters. The van der Waals surface area contributed by atoms with Crippen molar-refractivity contribution in [3.63, 3.8) is 0 Å². The number of halogens is 1. The van der Waals surface area contributed by atoms with Gasteiger partial charge in [-0.3, -0.25) is 0 Å². The molecule has 0 saturated carbocycles. The Balaban J connectivity index is 2.06. The highest BCUT2D eigenvalue weighted by molar-refractivity contribution is 6.30. The Labute approximate surface area is 123 Å². The van der Waals surface area contributed by atoms with E-state index in [0.717, 1.165) is 31.2 Å². The maximum Gasteiger partial charge on any atom is 0.0409 e. The van der Waals surface area contributed by atoms with Crippen molar-refractivity contribution in [1.82, 2.24) is 10.2 Å². The molecule has 1 N–H and O–H groups in total. The van der Waals surface area contributed by atoms with Gasteiger partial charge in [-0.25, -0.2) is 0 Å². The first kappa shape index (κ1) is 16.5. The zero-order valence-corrected chi connectivity index (χ0v) is 13.0. The zero-order valence-electron chi connectivity index (χ0n) is 12.3. The van der Waals surface area contributed by atoms with Gasteiger partial charge in [-0.05, 0) is 57.2 Å². The maximum atomic E-state index is 5.99. The molecule has 0 aromatic heterocycles. The van der Waals surface area contributed by atoms with Gasteiger partial charge < -0.3 is 10.2 Å². The van der Waals surface area contributed by atoms with Crippen molar-refractivity contribution in [2.24, 2.45) is 0 Å². The SMILES string of the molecule is CCNCCCCCCN(C)Cc1cccc(Cl)c1. The fraction of sp³-hybridized carbons (Fsp3) is 0.625. The summed E-state index contributed by atoms with van der Waals surface area (Å²) in [6.07, 6.45) is 5.23. The lowest BCUT2D eigenvalue weighted by molar-refractivity contribution is 0.316. The Morgan fingerprint density at radius 3 is 2.68 bits per heavy atom. The summed E-state index contributed by atoms with van der Waals surface area (Å²) in [6, 6.07) is 8.13. The third kappa shape index (κ3) is 8.25. The third-order valence-electron chi connectivity index (χ3n) is 3.23. The van der Waals surface area contributed by atoms with E-state index >= 15 is 0 Å². The quantitative estimate of drug-likeness (QED) is 0.654. The van der Waals surface area contributed by atoms with E-state index in [1.165, 1.54) is 31.2 Å². The molecule has 0 unspecified atom stereocenters. The number of rotatable bonds is 10. The predicted octanol–water partition coefficient (Wildman–Crippen LogP) is 3.94. The summed E-state index contributed by atoms with van der Waals surface area (Å²) in [4.78, 5) is 2.37. The van der Waals surface area contributed by atoms with Crippen molar-refractivity contribution < 1.29 is 0 Å². The van der Waals surface area contributed by atoms with E-state index in [0.29, 0.717) is 0 Å². The second kappa shape index (κ2) is 10.2. The van der Waals surface area contributed by atoms with Gasteiger partial charge in [0.05, 0.1) is 0 Å². The van der Waals surface area contributed by atoms with Crippen LogP contribution in [0.4, 0.5) is 0 Å². The Morgan fingerprint density at radius 2 is 1.95 bits per heavy atom. The van der Waals surface area contributed by atoms with Crippen molar-refractivity contribution in [2.75, 3.05) is 26.7 Å². The molecule has 108 valence electrons. The summed E-state index contributed by atoms with van der Waals surface area (Å²) in [7, 11) is 2.18. The first-order chi connectivity index (χ1) is 9.22. The fourth-order valence-corrected chi connectivity index (χ4v) is 2.40. The average Bonchev–Trinajstić information content (AvgIpc) is 2.37. The standard InChI is InChI=1S/C16H27ClN2/c1-3-18-11-6-4-5-7-12-19(2)14-15-9-8-10-16(17)13-15/h8-10,13,18H,3-7,11-12,14H2,1-2H3. The number of nitrogens with one attached hydrogen (secondary N) is 1. The molecule has 2 nitrogen and oxygen atoms in total. The molecule has 0 bridgehead atoms. The van der Waals surface area contributed by atoms with Crippen molar-refractivity contribution in [2.45, 2.75) is 39.2 Å². The number of hydrogen-bond donors (Lipinski definition) is 1. The van der Waals surface area contributed by atoms with Crippen LogP contribution >= 0.6 is 11.6 Å². The molecular formula is C16H27ClN2. The van der Waals surface area contributed by atoms with E-state index < -0.39 is 0 Å². The minimum Gasteiger partial charge on any atom is -0.317 e.